The first-order chi connectivity index (χ1) is 19.9. The predicted octanol–water partition coefficient (Wildman–Crippen LogP) is 3.54. The molecular weight excluding hydrogens is 522 g/mol. The van der Waals surface area contributed by atoms with Gasteiger partial charge in [-0.05, 0) is 48.2 Å². The number of anilines is 1. The Labute approximate surface area is 240 Å². The zero-order valence-corrected chi connectivity index (χ0v) is 23.7. The van der Waals surface area contributed by atoms with E-state index in [4.69, 9.17) is 15.2 Å². The third kappa shape index (κ3) is 6.23. The largest absolute Gasteiger partial charge is 0.481 e. The number of likely N-dealkylation sites (tertiary alicyclic amines) is 1. The molecule has 3 atom stereocenters. The van der Waals surface area contributed by atoms with Crippen molar-refractivity contribution in [3.05, 3.63) is 71.8 Å². The number of rotatable bonds is 12. The molecule has 3 unspecified atom stereocenters. The van der Waals surface area contributed by atoms with Crippen molar-refractivity contribution in [1.29, 1.82) is 0 Å². The molecule has 10 nitrogen and oxygen atoms in total. The molecule has 0 aliphatic carbocycles. The number of carboxylic acid groups (broad SMARTS) is 1. The third-order valence-corrected chi connectivity index (χ3v) is 8.28. The second kappa shape index (κ2) is 12.7. The number of hydrogen-bond donors (Lipinski definition) is 2. The number of ether oxygens (including phenoxy) is 2. The van der Waals surface area contributed by atoms with E-state index in [1.165, 1.54) is 0 Å². The maximum Gasteiger partial charge on any atom is 0.308 e. The Balaban J connectivity index is 1.44. The molecule has 0 bridgehead atoms. The molecule has 3 aromatic rings. The molecule has 1 fully saturated rings. The van der Waals surface area contributed by atoms with Crippen LogP contribution in [0.4, 0.5) is 5.69 Å². The van der Waals surface area contributed by atoms with E-state index >= 15 is 0 Å². The number of benzene rings is 2. The molecule has 2 aromatic carbocycles. The molecule has 0 radical (unpaired) electrons. The third-order valence-electron chi connectivity index (χ3n) is 8.28. The normalized spacial score (nSPS) is 19.9. The number of nitrogens with zero attached hydrogens (tertiary/aromatic N) is 4. The van der Waals surface area contributed by atoms with Gasteiger partial charge < -0.3 is 29.8 Å². The van der Waals surface area contributed by atoms with E-state index in [1.54, 1.807) is 6.20 Å². The summed E-state index contributed by atoms with van der Waals surface area (Å²) >= 11 is 0. The molecule has 218 valence electrons. The number of hydrogen-bond acceptors (Lipinski definition) is 7. The minimum atomic E-state index is -0.869. The van der Waals surface area contributed by atoms with Crippen LogP contribution in [0.2, 0.25) is 0 Å². The fourth-order valence-electron chi connectivity index (χ4n) is 6.07. The van der Waals surface area contributed by atoms with Gasteiger partial charge in [0.25, 0.3) is 0 Å². The van der Waals surface area contributed by atoms with Gasteiger partial charge in [0, 0.05) is 63.1 Å². The summed E-state index contributed by atoms with van der Waals surface area (Å²) in [6, 6.07) is 13.1. The molecule has 0 spiro atoms. The first kappa shape index (κ1) is 28.6. The van der Waals surface area contributed by atoms with Crippen LogP contribution < -0.4 is 20.1 Å². The molecule has 2 aliphatic rings. The first-order valence-corrected chi connectivity index (χ1v) is 14.3. The maximum atomic E-state index is 14.0. The molecular formula is C31H39N5O5. The van der Waals surface area contributed by atoms with Gasteiger partial charge in [0.1, 0.15) is 5.82 Å². The molecule has 0 saturated carbocycles. The zero-order chi connectivity index (χ0) is 28.9. The summed E-state index contributed by atoms with van der Waals surface area (Å²) in [5, 5.41) is 10.5. The molecule has 41 heavy (non-hydrogen) atoms. The number of nitrogens with two attached hydrogens (primary N) is 1. The van der Waals surface area contributed by atoms with Gasteiger partial charge in [0.15, 0.2) is 11.5 Å². The molecule has 10 heteroatoms. The van der Waals surface area contributed by atoms with Gasteiger partial charge >= 0.3 is 5.97 Å². The monoisotopic (exact) mass is 561 g/mol. The highest BCUT2D eigenvalue weighted by atomic mass is 16.7. The Bertz CT molecular complexity index is 1370. The molecule has 1 aromatic heterocycles. The van der Waals surface area contributed by atoms with Crippen molar-refractivity contribution in [3.63, 3.8) is 0 Å². The van der Waals surface area contributed by atoms with Crippen LogP contribution in [-0.4, -0.2) is 63.9 Å². The Morgan fingerprint density at radius 2 is 2.00 bits per heavy atom. The second-order valence-electron chi connectivity index (χ2n) is 10.8. The van der Waals surface area contributed by atoms with Crippen LogP contribution in [0.25, 0.3) is 0 Å². The summed E-state index contributed by atoms with van der Waals surface area (Å²) in [7, 11) is 1.93. The van der Waals surface area contributed by atoms with E-state index < -0.39 is 11.9 Å². The number of aromatic nitrogens is 2. The standard InChI is InChI=1S/C31H39N5O5/c1-3-4-13-36(23-7-5-6-21(15-23)17-32)29(37)19-35-18-24(22-8-10-26-27(16-22)41-20-40-26)30(31(38)39)25(35)9-11-28-33-12-14-34(28)2/h5-8,10,12,14-16,24-25,30H,3-4,9,11,13,17-20,32H2,1-2H3,(H,38,39). The van der Waals surface area contributed by atoms with E-state index in [-0.39, 0.29) is 31.2 Å². The van der Waals surface area contributed by atoms with E-state index in [2.05, 4.69) is 16.8 Å². The van der Waals surface area contributed by atoms with Crippen LogP contribution in [0.3, 0.4) is 0 Å². The summed E-state index contributed by atoms with van der Waals surface area (Å²) in [6.45, 7) is 3.79. The number of carbonyl (C=O) groups is 2. The van der Waals surface area contributed by atoms with Gasteiger partial charge in [-0.1, -0.05) is 31.5 Å². The number of aryl methyl sites for hydroxylation is 2. The fourth-order valence-corrected chi connectivity index (χ4v) is 6.07. The number of imidazole rings is 1. The molecule has 2 aliphatic heterocycles. The van der Waals surface area contributed by atoms with Gasteiger partial charge in [-0.2, -0.15) is 0 Å². The quantitative estimate of drug-likeness (QED) is 0.344. The Kier molecular flexibility index (Phi) is 8.90. The van der Waals surface area contributed by atoms with Crippen LogP contribution >= 0.6 is 0 Å². The molecule has 1 amide bonds. The number of fused-ring (bicyclic) bond motifs is 1. The van der Waals surface area contributed by atoms with E-state index in [1.807, 2.05) is 65.2 Å². The fraction of sp³-hybridized carbons (Fsp3) is 0.452. The summed E-state index contributed by atoms with van der Waals surface area (Å²) in [6.07, 6.45) is 6.61. The lowest BCUT2D eigenvalue weighted by atomic mass is 9.83. The van der Waals surface area contributed by atoms with E-state index in [0.29, 0.717) is 44.0 Å². The Hall–Kier alpha value is -3.89. The van der Waals surface area contributed by atoms with Crippen molar-refractivity contribution in [2.75, 3.05) is 31.3 Å². The summed E-state index contributed by atoms with van der Waals surface area (Å²) in [5.74, 6) is 0.226. The zero-order valence-electron chi connectivity index (χ0n) is 23.7. The van der Waals surface area contributed by atoms with Crippen LogP contribution in [0.5, 0.6) is 11.5 Å². The average molecular weight is 562 g/mol. The Morgan fingerprint density at radius 1 is 1.17 bits per heavy atom. The lowest BCUT2D eigenvalue weighted by Gasteiger charge is -2.30. The molecule has 3 N–H and O–H groups in total. The van der Waals surface area contributed by atoms with Crippen molar-refractivity contribution in [2.45, 2.75) is 51.1 Å². The van der Waals surface area contributed by atoms with Crippen molar-refractivity contribution in [1.82, 2.24) is 14.5 Å². The lowest BCUT2D eigenvalue weighted by Crippen LogP contribution is -2.44. The number of carbonyl (C=O) groups excluding carboxylic acids is 1. The van der Waals surface area contributed by atoms with E-state index in [0.717, 1.165) is 35.5 Å². The van der Waals surface area contributed by atoms with Gasteiger partial charge in [-0.15, -0.1) is 0 Å². The SMILES string of the molecule is CCCCN(C(=O)CN1CC(c2ccc3c(c2)OCO3)C(C(=O)O)C1CCc1nccn1C)c1cccc(CN)c1. The maximum absolute atomic E-state index is 14.0. The van der Waals surface area contributed by atoms with Crippen molar-refractivity contribution >= 4 is 17.6 Å². The number of carboxylic acids is 1. The summed E-state index contributed by atoms with van der Waals surface area (Å²) in [5.41, 5.74) is 8.53. The minimum Gasteiger partial charge on any atom is -0.481 e. The van der Waals surface area contributed by atoms with Crippen LogP contribution in [0.15, 0.2) is 54.9 Å². The van der Waals surface area contributed by atoms with Crippen LogP contribution in [-0.2, 0) is 29.6 Å². The number of aliphatic carboxylic acids is 1. The van der Waals surface area contributed by atoms with Gasteiger partial charge in [-0.25, -0.2) is 4.98 Å². The average Bonchev–Trinajstić information content (AvgIpc) is 3.70. The van der Waals surface area contributed by atoms with Crippen LogP contribution in [0.1, 0.15) is 49.1 Å². The smallest absolute Gasteiger partial charge is 0.308 e. The predicted molar refractivity (Wildman–Crippen MR) is 155 cm³/mol. The molecule has 3 heterocycles. The van der Waals surface area contributed by atoms with E-state index in [9.17, 15) is 14.7 Å². The van der Waals surface area contributed by atoms with Gasteiger partial charge in [0.2, 0.25) is 12.7 Å². The molecule has 1 saturated heterocycles. The number of amides is 1. The highest BCUT2D eigenvalue weighted by molar-refractivity contribution is 5.95. The second-order valence-corrected chi connectivity index (χ2v) is 10.8. The van der Waals surface area contributed by atoms with Crippen molar-refractivity contribution in [3.8, 4) is 11.5 Å². The van der Waals surface area contributed by atoms with Gasteiger partial charge in [-0.3, -0.25) is 14.5 Å². The van der Waals surface area contributed by atoms with Crippen molar-refractivity contribution in [2.24, 2.45) is 18.7 Å². The first-order valence-electron chi connectivity index (χ1n) is 14.3. The highest BCUT2D eigenvalue weighted by Gasteiger charge is 2.47. The van der Waals surface area contributed by atoms with Crippen molar-refractivity contribution < 1.29 is 24.2 Å². The Morgan fingerprint density at radius 3 is 2.73 bits per heavy atom. The van der Waals surface area contributed by atoms with Crippen LogP contribution in [0, 0.1) is 5.92 Å². The molecule has 5 rings (SSSR count). The van der Waals surface area contributed by atoms with Gasteiger partial charge in [0.05, 0.1) is 12.5 Å². The highest BCUT2D eigenvalue weighted by Crippen LogP contribution is 2.43. The summed E-state index contributed by atoms with van der Waals surface area (Å²) in [4.78, 5) is 35.1. The minimum absolute atomic E-state index is 0.0508. The lowest BCUT2D eigenvalue weighted by molar-refractivity contribution is -0.143. The number of unbranched alkanes of at least 4 members (excludes halogenated alkanes) is 1. The topological polar surface area (TPSA) is 123 Å². The summed E-state index contributed by atoms with van der Waals surface area (Å²) < 4.78 is 13.0.